The second-order valence-electron chi connectivity index (χ2n) is 7.51. The molecule has 7 heteroatoms. The molecule has 4 aromatic rings. The molecule has 5 rings (SSSR count). The molecular formula is C23H22N4O3. The Bertz CT molecular complexity index is 1150. The third kappa shape index (κ3) is 3.78. The first-order valence-corrected chi connectivity index (χ1v) is 10.2. The molecule has 3 aromatic heterocycles. The first kappa shape index (κ1) is 18.4. The topological polar surface area (TPSA) is 93.2 Å². The number of benzene rings is 1. The van der Waals surface area contributed by atoms with E-state index in [-0.39, 0.29) is 12.1 Å². The first-order valence-electron chi connectivity index (χ1n) is 10.2. The van der Waals surface area contributed by atoms with Crippen molar-refractivity contribution in [2.24, 2.45) is 0 Å². The average molecular weight is 402 g/mol. The molecule has 0 atom stereocenters. The maximum atomic E-state index is 12.4. The van der Waals surface area contributed by atoms with E-state index in [4.69, 9.17) is 18.8 Å². The molecule has 152 valence electrons. The van der Waals surface area contributed by atoms with E-state index in [0.29, 0.717) is 39.6 Å². The van der Waals surface area contributed by atoms with Gasteiger partial charge in [0.15, 0.2) is 11.5 Å². The zero-order valence-corrected chi connectivity index (χ0v) is 16.4. The van der Waals surface area contributed by atoms with E-state index in [1.165, 1.54) is 19.3 Å². The van der Waals surface area contributed by atoms with Crippen LogP contribution in [0.5, 0.6) is 0 Å². The molecule has 0 saturated heterocycles. The zero-order valence-electron chi connectivity index (χ0n) is 16.4. The van der Waals surface area contributed by atoms with Gasteiger partial charge in [0.1, 0.15) is 11.4 Å². The van der Waals surface area contributed by atoms with Gasteiger partial charge in [-0.3, -0.25) is 0 Å². The summed E-state index contributed by atoms with van der Waals surface area (Å²) < 4.78 is 11.1. The molecule has 1 saturated carbocycles. The normalized spacial score (nSPS) is 14.7. The highest BCUT2D eigenvalue weighted by Gasteiger charge is 2.18. The predicted octanol–water partition coefficient (Wildman–Crippen LogP) is 5.60. The molecule has 1 aliphatic rings. The maximum absolute atomic E-state index is 12.4. The van der Waals surface area contributed by atoms with Gasteiger partial charge >= 0.3 is 6.03 Å². The van der Waals surface area contributed by atoms with Gasteiger partial charge < -0.3 is 19.5 Å². The Labute approximate surface area is 173 Å². The average Bonchev–Trinajstić information content (AvgIpc) is 3.48. The maximum Gasteiger partial charge on any atom is 0.319 e. The van der Waals surface area contributed by atoms with Gasteiger partial charge in [0.25, 0.3) is 0 Å². The highest BCUT2D eigenvalue weighted by molar-refractivity contribution is 5.93. The molecule has 1 fully saturated rings. The second kappa shape index (κ2) is 8.02. The van der Waals surface area contributed by atoms with Crippen LogP contribution in [0.1, 0.15) is 32.1 Å². The molecular weight excluding hydrogens is 380 g/mol. The minimum atomic E-state index is -0.187. The van der Waals surface area contributed by atoms with Crippen LogP contribution in [0, 0.1) is 0 Å². The second-order valence-corrected chi connectivity index (χ2v) is 7.51. The van der Waals surface area contributed by atoms with Gasteiger partial charge in [-0.25, -0.2) is 14.8 Å². The van der Waals surface area contributed by atoms with E-state index in [9.17, 15) is 4.79 Å². The third-order valence-corrected chi connectivity index (χ3v) is 5.37. The number of carbonyl (C=O) groups is 1. The summed E-state index contributed by atoms with van der Waals surface area (Å²) in [7, 11) is 0. The summed E-state index contributed by atoms with van der Waals surface area (Å²) in [6.45, 7) is 0. The van der Waals surface area contributed by atoms with Gasteiger partial charge in [0.2, 0.25) is 0 Å². The molecule has 3 heterocycles. The number of aromatic nitrogens is 2. The summed E-state index contributed by atoms with van der Waals surface area (Å²) in [6.07, 6.45) is 8.87. The molecule has 1 aromatic carbocycles. The number of urea groups is 1. The lowest BCUT2D eigenvalue weighted by Gasteiger charge is -2.22. The number of hydrogen-bond acceptors (Lipinski definition) is 5. The van der Waals surface area contributed by atoms with Crippen LogP contribution in [0.25, 0.3) is 33.9 Å². The van der Waals surface area contributed by atoms with Gasteiger partial charge in [-0.2, -0.15) is 0 Å². The van der Waals surface area contributed by atoms with E-state index in [2.05, 4.69) is 10.6 Å². The smallest absolute Gasteiger partial charge is 0.319 e. The zero-order chi connectivity index (χ0) is 20.3. The Morgan fingerprint density at radius 2 is 1.53 bits per heavy atom. The largest absolute Gasteiger partial charge is 0.463 e. The highest BCUT2D eigenvalue weighted by Crippen LogP contribution is 2.32. The monoisotopic (exact) mass is 402 g/mol. The number of furan rings is 2. The van der Waals surface area contributed by atoms with Gasteiger partial charge in [0, 0.05) is 11.7 Å². The van der Waals surface area contributed by atoms with Crippen molar-refractivity contribution in [1.29, 1.82) is 0 Å². The van der Waals surface area contributed by atoms with Crippen molar-refractivity contribution >= 4 is 22.8 Å². The quantitative estimate of drug-likeness (QED) is 0.463. The van der Waals surface area contributed by atoms with Crippen LogP contribution >= 0.6 is 0 Å². The van der Waals surface area contributed by atoms with E-state index in [1.54, 1.807) is 18.6 Å². The van der Waals surface area contributed by atoms with Crippen molar-refractivity contribution in [2.45, 2.75) is 38.1 Å². The van der Waals surface area contributed by atoms with Gasteiger partial charge in [-0.1, -0.05) is 19.3 Å². The Balaban J connectivity index is 1.45. The van der Waals surface area contributed by atoms with Gasteiger partial charge in [-0.15, -0.1) is 0 Å². The molecule has 0 unspecified atom stereocenters. The molecule has 0 aliphatic heterocycles. The van der Waals surface area contributed by atoms with Crippen LogP contribution < -0.4 is 10.6 Å². The van der Waals surface area contributed by atoms with Crippen LogP contribution in [0.3, 0.4) is 0 Å². The lowest BCUT2D eigenvalue weighted by molar-refractivity contribution is 0.244. The summed E-state index contributed by atoms with van der Waals surface area (Å²) >= 11 is 0. The first-order chi connectivity index (χ1) is 14.8. The van der Waals surface area contributed by atoms with Crippen LogP contribution in [0.4, 0.5) is 10.5 Å². The fraction of sp³-hybridized carbons (Fsp3) is 0.261. The Kier molecular flexibility index (Phi) is 4.93. The SMILES string of the molecule is O=C(Nc1ccc2nc(-c3ccco3)c(-c3ccco3)nc2c1)NC1CCCCC1. The Morgan fingerprint density at radius 3 is 2.17 bits per heavy atom. The molecule has 7 nitrogen and oxygen atoms in total. The number of rotatable bonds is 4. The number of nitrogens with one attached hydrogen (secondary N) is 2. The number of hydrogen-bond donors (Lipinski definition) is 2. The fourth-order valence-corrected chi connectivity index (χ4v) is 3.90. The molecule has 0 spiro atoms. The van der Waals surface area contributed by atoms with Crippen LogP contribution in [0.2, 0.25) is 0 Å². The van der Waals surface area contributed by atoms with Crippen molar-refractivity contribution in [1.82, 2.24) is 15.3 Å². The standard InChI is InChI=1S/C23H22N4O3/c28-23(24-15-6-2-1-3-7-15)25-16-10-11-17-18(14-16)27-22(20-9-5-13-30-20)21(26-17)19-8-4-12-29-19/h4-5,8-15H,1-3,6-7H2,(H2,24,25,28). The van der Waals surface area contributed by atoms with Crippen molar-refractivity contribution in [3.8, 4) is 22.9 Å². The van der Waals surface area contributed by atoms with E-state index in [0.717, 1.165) is 12.8 Å². The van der Waals surface area contributed by atoms with Crippen LogP contribution in [-0.4, -0.2) is 22.0 Å². The molecule has 2 amide bonds. The lowest BCUT2D eigenvalue weighted by atomic mass is 9.96. The van der Waals surface area contributed by atoms with Crippen molar-refractivity contribution in [2.75, 3.05) is 5.32 Å². The summed E-state index contributed by atoms with van der Waals surface area (Å²) in [5.41, 5.74) is 3.23. The van der Waals surface area contributed by atoms with Crippen molar-refractivity contribution < 1.29 is 13.6 Å². The number of anilines is 1. The number of amides is 2. The van der Waals surface area contributed by atoms with E-state index >= 15 is 0 Å². The Hall–Kier alpha value is -3.61. The van der Waals surface area contributed by atoms with E-state index in [1.807, 2.05) is 36.4 Å². The van der Waals surface area contributed by atoms with Crippen LogP contribution in [-0.2, 0) is 0 Å². The highest BCUT2D eigenvalue weighted by atomic mass is 16.3. The minimum absolute atomic E-state index is 0.187. The fourth-order valence-electron chi connectivity index (χ4n) is 3.90. The number of carbonyl (C=O) groups excluding carboxylic acids is 1. The van der Waals surface area contributed by atoms with Crippen LogP contribution in [0.15, 0.2) is 63.8 Å². The van der Waals surface area contributed by atoms with Crippen molar-refractivity contribution in [3.05, 3.63) is 55.0 Å². The summed E-state index contributed by atoms with van der Waals surface area (Å²) in [4.78, 5) is 21.9. The lowest BCUT2D eigenvalue weighted by Crippen LogP contribution is -2.39. The molecule has 0 radical (unpaired) electrons. The van der Waals surface area contributed by atoms with Gasteiger partial charge in [0.05, 0.1) is 23.6 Å². The number of nitrogens with zero attached hydrogens (tertiary/aromatic N) is 2. The van der Waals surface area contributed by atoms with Crippen molar-refractivity contribution in [3.63, 3.8) is 0 Å². The summed E-state index contributed by atoms with van der Waals surface area (Å²) in [6, 6.07) is 12.9. The molecule has 1 aliphatic carbocycles. The third-order valence-electron chi connectivity index (χ3n) is 5.37. The van der Waals surface area contributed by atoms with Gasteiger partial charge in [-0.05, 0) is 55.3 Å². The summed E-state index contributed by atoms with van der Waals surface area (Å²) in [5, 5.41) is 5.98. The Morgan fingerprint density at radius 1 is 0.867 bits per heavy atom. The molecule has 0 bridgehead atoms. The predicted molar refractivity (Wildman–Crippen MR) is 114 cm³/mol. The molecule has 2 N–H and O–H groups in total. The molecule has 30 heavy (non-hydrogen) atoms. The minimum Gasteiger partial charge on any atom is -0.463 e. The van der Waals surface area contributed by atoms with E-state index < -0.39 is 0 Å². The summed E-state index contributed by atoms with van der Waals surface area (Å²) in [5.74, 6) is 1.22. The number of fused-ring (bicyclic) bond motifs is 1.